The average molecular weight is 391 g/mol. The Morgan fingerprint density at radius 3 is 2.52 bits per heavy atom. The van der Waals surface area contributed by atoms with Crippen molar-refractivity contribution in [3.63, 3.8) is 0 Å². The van der Waals surface area contributed by atoms with Gasteiger partial charge in [-0.25, -0.2) is 12.7 Å². The lowest BCUT2D eigenvalue weighted by molar-refractivity contribution is 0.0951. The fourth-order valence-corrected chi connectivity index (χ4v) is 4.98. The van der Waals surface area contributed by atoms with Crippen molar-refractivity contribution in [1.29, 1.82) is 0 Å². The number of hydrogen-bond acceptors (Lipinski definition) is 4. The molecule has 1 N–H and O–H groups in total. The van der Waals surface area contributed by atoms with Gasteiger partial charge in [-0.15, -0.1) is 0 Å². The van der Waals surface area contributed by atoms with Crippen molar-refractivity contribution in [2.45, 2.75) is 20.3 Å². The number of aryl methyl sites for hydroxylation is 1. The molecule has 1 amide bonds. The molecule has 146 valence electrons. The Morgan fingerprint density at radius 2 is 1.93 bits per heavy atom. The van der Waals surface area contributed by atoms with E-state index in [0.29, 0.717) is 31.6 Å². The van der Waals surface area contributed by atoms with Gasteiger partial charge in [-0.3, -0.25) is 4.79 Å². The second-order valence-corrected chi connectivity index (χ2v) is 8.73. The van der Waals surface area contributed by atoms with Crippen molar-refractivity contribution in [2.75, 3.05) is 32.5 Å². The molecule has 1 fully saturated rings. The average Bonchev–Trinajstić information content (AvgIpc) is 3.13. The quantitative estimate of drug-likeness (QED) is 0.815. The van der Waals surface area contributed by atoms with E-state index >= 15 is 0 Å². The molecule has 0 bridgehead atoms. The second kappa shape index (κ2) is 7.74. The van der Waals surface area contributed by atoms with E-state index in [1.165, 1.54) is 4.31 Å². The molecule has 0 unspecified atom stereocenters. The van der Waals surface area contributed by atoms with Gasteiger partial charge in [0.25, 0.3) is 5.91 Å². The van der Waals surface area contributed by atoms with Gasteiger partial charge in [0.1, 0.15) is 5.75 Å². The van der Waals surface area contributed by atoms with Gasteiger partial charge in [0.15, 0.2) is 0 Å². The minimum atomic E-state index is -3.13. The van der Waals surface area contributed by atoms with Crippen molar-refractivity contribution in [1.82, 2.24) is 14.2 Å². The van der Waals surface area contributed by atoms with E-state index in [9.17, 15) is 13.2 Å². The number of methoxy groups -OCH3 is 1. The first-order valence-electron chi connectivity index (χ1n) is 8.93. The van der Waals surface area contributed by atoms with E-state index in [4.69, 9.17) is 4.74 Å². The lowest BCUT2D eigenvalue weighted by atomic mass is 10.2. The summed E-state index contributed by atoms with van der Waals surface area (Å²) in [6.07, 6.45) is 0.652. The Morgan fingerprint density at radius 1 is 1.22 bits per heavy atom. The molecule has 7 nitrogen and oxygen atoms in total. The van der Waals surface area contributed by atoms with Crippen LogP contribution in [0.2, 0.25) is 0 Å². The number of ether oxygens (including phenoxy) is 1. The molecule has 1 aliphatic rings. The van der Waals surface area contributed by atoms with Crippen LogP contribution in [0.1, 0.15) is 28.2 Å². The highest BCUT2D eigenvalue weighted by Crippen LogP contribution is 2.22. The third kappa shape index (κ3) is 4.01. The minimum Gasteiger partial charge on any atom is -0.497 e. The van der Waals surface area contributed by atoms with Crippen molar-refractivity contribution in [3.05, 3.63) is 47.3 Å². The van der Waals surface area contributed by atoms with Gasteiger partial charge in [0.05, 0.1) is 18.4 Å². The first-order chi connectivity index (χ1) is 12.8. The van der Waals surface area contributed by atoms with Crippen LogP contribution in [0.15, 0.2) is 30.3 Å². The third-order valence-corrected chi connectivity index (χ3v) is 6.81. The highest BCUT2D eigenvalue weighted by atomic mass is 32.2. The third-order valence-electron chi connectivity index (χ3n) is 4.86. The summed E-state index contributed by atoms with van der Waals surface area (Å²) in [5.74, 6) is 0.778. The maximum atomic E-state index is 12.6. The summed E-state index contributed by atoms with van der Waals surface area (Å²) in [6, 6.07) is 9.49. The monoisotopic (exact) mass is 391 g/mol. The number of rotatable bonds is 6. The molecule has 1 aliphatic heterocycles. The first-order valence-corrected chi connectivity index (χ1v) is 10.5. The zero-order valence-electron chi connectivity index (χ0n) is 15.9. The molecule has 2 heterocycles. The van der Waals surface area contributed by atoms with Gasteiger partial charge in [-0.1, -0.05) is 0 Å². The van der Waals surface area contributed by atoms with E-state index in [0.717, 1.165) is 22.8 Å². The molecule has 0 atom stereocenters. The molecular formula is C19H25N3O4S. The van der Waals surface area contributed by atoms with Gasteiger partial charge >= 0.3 is 0 Å². The fourth-order valence-electron chi connectivity index (χ4n) is 3.45. The van der Waals surface area contributed by atoms with Crippen LogP contribution in [0.25, 0.3) is 5.69 Å². The number of sulfonamides is 1. The molecule has 0 aliphatic carbocycles. The number of aromatic nitrogens is 1. The minimum absolute atomic E-state index is 0.195. The van der Waals surface area contributed by atoms with E-state index in [1.54, 1.807) is 7.11 Å². The van der Waals surface area contributed by atoms with Crippen molar-refractivity contribution < 1.29 is 17.9 Å². The fraction of sp³-hybridized carbons (Fsp3) is 0.421. The summed E-state index contributed by atoms with van der Waals surface area (Å²) in [5, 5.41) is 2.84. The number of nitrogens with one attached hydrogen (secondary N) is 1. The zero-order valence-corrected chi connectivity index (χ0v) is 16.7. The number of carbonyl (C=O) groups is 1. The maximum Gasteiger partial charge on any atom is 0.253 e. The van der Waals surface area contributed by atoms with E-state index in [2.05, 4.69) is 5.32 Å². The van der Waals surface area contributed by atoms with E-state index in [-0.39, 0.29) is 11.7 Å². The number of benzene rings is 1. The number of hydrogen-bond donors (Lipinski definition) is 1. The summed E-state index contributed by atoms with van der Waals surface area (Å²) in [7, 11) is -1.51. The summed E-state index contributed by atoms with van der Waals surface area (Å²) in [6.45, 7) is 4.99. The summed E-state index contributed by atoms with van der Waals surface area (Å²) in [4.78, 5) is 12.6. The smallest absolute Gasteiger partial charge is 0.253 e. The largest absolute Gasteiger partial charge is 0.497 e. The standard InChI is InChI=1S/C19H25N3O4S/c1-14-13-18(15(2)22(14)16-5-7-17(26-3)8-6-16)19(23)20-9-11-21-10-4-12-27(21,24)25/h5-8,13H,4,9-12H2,1-3H3,(H,20,23). The first kappa shape index (κ1) is 19.4. The molecular weight excluding hydrogens is 366 g/mol. The molecule has 2 aromatic rings. The van der Waals surface area contributed by atoms with Gasteiger partial charge < -0.3 is 14.6 Å². The predicted octanol–water partition coefficient (Wildman–Crippen LogP) is 1.87. The molecule has 1 aromatic carbocycles. The normalized spacial score (nSPS) is 16.4. The number of amides is 1. The molecule has 1 aromatic heterocycles. The van der Waals surface area contributed by atoms with Gasteiger partial charge in [0, 0.05) is 36.7 Å². The van der Waals surface area contributed by atoms with Crippen molar-refractivity contribution in [3.8, 4) is 11.4 Å². The Bertz CT molecular complexity index is 933. The topological polar surface area (TPSA) is 80.6 Å². The molecule has 1 saturated heterocycles. The van der Waals surface area contributed by atoms with Gasteiger partial charge in [-0.2, -0.15) is 0 Å². The van der Waals surface area contributed by atoms with Crippen molar-refractivity contribution >= 4 is 15.9 Å². The second-order valence-electron chi connectivity index (χ2n) is 6.64. The lowest BCUT2D eigenvalue weighted by Crippen LogP contribution is -2.36. The highest BCUT2D eigenvalue weighted by Gasteiger charge is 2.27. The molecule has 0 saturated carbocycles. The molecule has 3 rings (SSSR count). The molecule has 8 heteroatoms. The maximum absolute atomic E-state index is 12.6. The zero-order chi connectivity index (χ0) is 19.6. The summed E-state index contributed by atoms with van der Waals surface area (Å²) < 4.78 is 32.3. The van der Waals surface area contributed by atoms with Gasteiger partial charge in [0.2, 0.25) is 10.0 Å². The Kier molecular flexibility index (Phi) is 5.57. The number of nitrogens with zero attached hydrogens (tertiary/aromatic N) is 2. The van der Waals surface area contributed by atoms with Crippen LogP contribution < -0.4 is 10.1 Å². The van der Waals surface area contributed by atoms with Crippen LogP contribution in [-0.4, -0.2) is 55.7 Å². The predicted molar refractivity (Wildman–Crippen MR) is 104 cm³/mol. The van der Waals surface area contributed by atoms with Crippen LogP contribution in [0.5, 0.6) is 5.75 Å². The Balaban J connectivity index is 1.70. The van der Waals surface area contributed by atoms with E-state index < -0.39 is 10.0 Å². The van der Waals surface area contributed by atoms with Crippen molar-refractivity contribution in [2.24, 2.45) is 0 Å². The van der Waals surface area contributed by atoms with Gasteiger partial charge in [-0.05, 0) is 50.6 Å². The highest BCUT2D eigenvalue weighted by molar-refractivity contribution is 7.89. The summed E-state index contributed by atoms with van der Waals surface area (Å²) >= 11 is 0. The van der Waals surface area contributed by atoms with Crippen LogP contribution in [0.3, 0.4) is 0 Å². The number of carbonyl (C=O) groups excluding carboxylic acids is 1. The Hall–Kier alpha value is -2.32. The lowest BCUT2D eigenvalue weighted by Gasteiger charge is -2.14. The summed E-state index contributed by atoms with van der Waals surface area (Å²) in [5.41, 5.74) is 3.33. The van der Waals surface area contributed by atoms with Crippen LogP contribution in [-0.2, 0) is 10.0 Å². The van der Waals surface area contributed by atoms with Crippen LogP contribution in [0.4, 0.5) is 0 Å². The van der Waals surface area contributed by atoms with Crippen LogP contribution >= 0.6 is 0 Å². The van der Waals surface area contributed by atoms with Crippen LogP contribution in [0, 0.1) is 13.8 Å². The Labute approximate surface area is 160 Å². The SMILES string of the molecule is COc1ccc(-n2c(C)cc(C(=O)NCCN3CCCS3(=O)=O)c2C)cc1. The molecule has 0 radical (unpaired) electrons. The van der Waals surface area contributed by atoms with E-state index in [1.807, 2.05) is 48.7 Å². The molecule has 0 spiro atoms. The molecule has 27 heavy (non-hydrogen) atoms.